The summed E-state index contributed by atoms with van der Waals surface area (Å²) in [5.74, 6) is 0.684. The van der Waals surface area contributed by atoms with Crippen LogP contribution in [0.2, 0.25) is 0 Å². The Morgan fingerprint density at radius 1 is 1.33 bits per heavy atom. The number of aryl methyl sites for hydroxylation is 1. The Labute approximate surface area is 108 Å². The molecule has 1 aromatic heterocycles. The van der Waals surface area contributed by atoms with E-state index < -0.39 is 5.60 Å². The molecule has 1 N–H and O–H groups in total. The van der Waals surface area contributed by atoms with Crippen molar-refractivity contribution < 1.29 is 5.11 Å². The minimum absolute atomic E-state index is 0.217. The zero-order chi connectivity index (χ0) is 13.6. The number of hydrogen-bond donors (Lipinski definition) is 1. The third kappa shape index (κ3) is 1.95. The monoisotopic (exact) mass is 245 g/mol. The summed E-state index contributed by atoms with van der Waals surface area (Å²) < 4.78 is 0. The van der Waals surface area contributed by atoms with E-state index in [2.05, 4.69) is 11.1 Å². The number of pyridine rings is 1. The zero-order valence-corrected chi connectivity index (χ0v) is 11.4. The number of nitrogens with zero attached hydrogens (tertiary/aromatic N) is 3. The van der Waals surface area contributed by atoms with Crippen LogP contribution in [0.5, 0.6) is 0 Å². The molecule has 0 amide bonds. The van der Waals surface area contributed by atoms with Gasteiger partial charge in [-0.05, 0) is 26.0 Å². The van der Waals surface area contributed by atoms with Crippen LogP contribution in [-0.2, 0) is 0 Å². The second kappa shape index (κ2) is 3.96. The lowest BCUT2D eigenvalue weighted by Crippen LogP contribution is -2.40. The van der Waals surface area contributed by atoms with Crippen LogP contribution in [-0.4, -0.2) is 28.8 Å². The number of aliphatic hydroxyl groups is 1. The van der Waals surface area contributed by atoms with Gasteiger partial charge in [0, 0.05) is 24.2 Å². The summed E-state index contributed by atoms with van der Waals surface area (Å²) in [5, 5.41) is 19.6. The van der Waals surface area contributed by atoms with Crippen LogP contribution in [0, 0.1) is 23.7 Å². The van der Waals surface area contributed by atoms with Gasteiger partial charge in [0.1, 0.15) is 11.9 Å². The summed E-state index contributed by atoms with van der Waals surface area (Å²) in [7, 11) is 0. The quantitative estimate of drug-likeness (QED) is 0.820. The van der Waals surface area contributed by atoms with Crippen LogP contribution in [0.3, 0.4) is 0 Å². The van der Waals surface area contributed by atoms with Gasteiger partial charge in [-0.1, -0.05) is 13.8 Å². The molecule has 4 nitrogen and oxygen atoms in total. The summed E-state index contributed by atoms with van der Waals surface area (Å²) in [6.07, 6.45) is 0. The highest BCUT2D eigenvalue weighted by Crippen LogP contribution is 2.40. The van der Waals surface area contributed by atoms with Crippen molar-refractivity contribution in [3.63, 3.8) is 0 Å². The number of anilines is 1. The SMILES string of the molecule is Cc1ccc(C#N)c(N2CC(C)(C)[C@](C)(O)C2)n1. The smallest absolute Gasteiger partial charge is 0.146 e. The van der Waals surface area contributed by atoms with E-state index >= 15 is 0 Å². The van der Waals surface area contributed by atoms with Crippen LogP contribution in [0.1, 0.15) is 32.0 Å². The van der Waals surface area contributed by atoms with Gasteiger partial charge in [0.25, 0.3) is 0 Å². The van der Waals surface area contributed by atoms with Gasteiger partial charge in [-0.3, -0.25) is 0 Å². The number of nitriles is 1. The van der Waals surface area contributed by atoms with Crippen molar-refractivity contribution in [3.05, 3.63) is 23.4 Å². The van der Waals surface area contributed by atoms with E-state index in [0.717, 1.165) is 5.69 Å². The van der Waals surface area contributed by atoms with Gasteiger partial charge < -0.3 is 10.0 Å². The third-order valence-electron chi connectivity index (χ3n) is 3.98. The lowest BCUT2D eigenvalue weighted by atomic mass is 9.79. The minimum Gasteiger partial charge on any atom is -0.388 e. The van der Waals surface area contributed by atoms with Gasteiger partial charge in [-0.15, -0.1) is 0 Å². The van der Waals surface area contributed by atoms with E-state index in [-0.39, 0.29) is 5.41 Å². The molecular formula is C14H19N3O. The fourth-order valence-corrected chi connectivity index (χ4v) is 2.31. The van der Waals surface area contributed by atoms with Crippen LogP contribution < -0.4 is 4.90 Å². The predicted molar refractivity (Wildman–Crippen MR) is 70.3 cm³/mol. The molecule has 96 valence electrons. The average molecular weight is 245 g/mol. The highest BCUT2D eigenvalue weighted by atomic mass is 16.3. The molecule has 4 heteroatoms. The maximum atomic E-state index is 10.4. The Morgan fingerprint density at radius 3 is 2.50 bits per heavy atom. The first-order valence-electron chi connectivity index (χ1n) is 6.12. The number of rotatable bonds is 1. The summed E-state index contributed by atoms with van der Waals surface area (Å²) in [6.45, 7) is 9.03. The normalized spacial score (nSPS) is 26.1. The standard InChI is InChI=1S/C14H19N3O/c1-10-5-6-11(7-15)12(16-10)17-8-13(2,3)14(4,18)9-17/h5-6,18H,8-9H2,1-4H3/t14-/m1/s1. The molecule has 1 aliphatic rings. The lowest BCUT2D eigenvalue weighted by Gasteiger charge is -2.30. The van der Waals surface area contributed by atoms with E-state index in [1.54, 1.807) is 6.07 Å². The Bertz CT molecular complexity index is 498. The predicted octanol–water partition coefficient (Wildman–Crippen LogP) is 1.86. The van der Waals surface area contributed by atoms with Crippen molar-refractivity contribution in [3.8, 4) is 6.07 Å². The van der Waals surface area contributed by atoms with Crippen LogP contribution in [0.4, 0.5) is 5.82 Å². The maximum Gasteiger partial charge on any atom is 0.146 e. The molecule has 2 rings (SSSR count). The second-order valence-electron chi connectivity index (χ2n) is 5.95. The fraction of sp³-hybridized carbons (Fsp3) is 0.571. The fourth-order valence-electron chi connectivity index (χ4n) is 2.31. The highest BCUT2D eigenvalue weighted by molar-refractivity contribution is 5.56. The van der Waals surface area contributed by atoms with Crippen LogP contribution in [0.25, 0.3) is 0 Å². The molecule has 1 saturated heterocycles. The third-order valence-corrected chi connectivity index (χ3v) is 3.98. The molecule has 2 heterocycles. The molecule has 0 aliphatic carbocycles. The summed E-state index contributed by atoms with van der Waals surface area (Å²) in [4.78, 5) is 6.45. The van der Waals surface area contributed by atoms with Gasteiger partial charge in [0.05, 0.1) is 11.2 Å². The molecule has 0 radical (unpaired) electrons. The first-order chi connectivity index (χ1) is 8.27. The number of β-amino-alcohol motifs (C(OH)–C–C–N with tert-alkyl or cyclic N) is 1. The van der Waals surface area contributed by atoms with Crippen LogP contribution in [0.15, 0.2) is 12.1 Å². The van der Waals surface area contributed by atoms with Crippen LogP contribution >= 0.6 is 0 Å². The Hall–Kier alpha value is -1.60. The molecule has 18 heavy (non-hydrogen) atoms. The summed E-state index contributed by atoms with van der Waals surface area (Å²) in [6, 6.07) is 5.79. The van der Waals surface area contributed by atoms with Crippen molar-refractivity contribution in [2.75, 3.05) is 18.0 Å². The van der Waals surface area contributed by atoms with Crippen molar-refractivity contribution in [2.24, 2.45) is 5.41 Å². The topological polar surface area (TPSA) is 60.2 Å². The van der Waals surface area contributed by atoms with Gasteiger partial charge >= 0.3 is 0 Å². The van der Waals surface area contributed by atoms with E-state index in [4.69, 9.17) is 5.26 Å². The lowest BCUT2D eigenvalue weighted by molar-refractivity contribution is -0.00891. The molecule has 1 aliphatic heterocycles. The molecule has 1 aromatic rings. The molecule has 0 bridgehead atoms. The van der Waals surface area contributed by atoms with E-state index in [0.29, 0.717) is 24.5 Å². The number of hydrogen-bond acceptors (Lipinski definition) is 4. The molecule has 1 fully saturated rings. The Kier molecular flexibility index (Phi) is 2.83. The number of aromatic nitrogens is 1. The first-order valence-corrected chi connectivity index (χ1v) is 6.12. The molecular weight excluding hydrogens is 226 g/mol. The maximum absolute atomic E-state index is 10.4. The summed E-state index contributed by atoms with van der Waals surface area (Å²) >= 11 is 0. The summed E-state index contributed by atoms with van der Waals surface area (Å²) in [5.41, 5.74) is 0.457. The van der Waals surface area contributed by atoms with E-state index in [9.17, 15) is 5.11 Å². The van der Waals surface area contributed by atoms with E-state index in [1.807, 2.05) is 38.7 Å². The first kappa shape index (κ1) is 12.8. The van der Waals surface area contributed by atoms with E-state index in [1.165, 1.54) is 0 Å². The van der Waals surface area contributed by atoms with Crippen molar-refractivity contribution >= 4 is 5.82 Å². The zero-order valence-electron chi connectivity index (χ0n) is 11.4. The molecule has 1 atom stereocenters. The van der Waals surface area contributed by atoms with Crippen molar-refractivity contribution in [1.29, 1.82) is 5.26 Å². The Balaban J connectivity index is 2.41. The largest absolute Gasteiger partial charge is 0.388 e. The average Bonchev–Trinajstić information content (AvgIpc) is 2.48. The molecule has 0 spiro atoms. The molecule has 0 unspecified atom stereocenters. The van der Waals surface area contributed by atoms with Gasteiger partial charge in [-0.25, -0.2) is 4.98 Å². The van der Waals surface area contributed by atoms with Gasteiger partial charge in [0.2, 0.25) is 0 Å². The van der Waals surface area contributed by atoms with Gasteiger partial charge in [-0.2, -0.15) is 5.26 Å². The second-order valence-corrected chi connectivity index (χ2v) is 5.95. The van der Waals surface area contributed by atoms with Gasteiger partial charge in [0.15, 0.2) is 0 Å². The Morgan fingerprint density at radius 2 is 2.00 bits per heavy atom. The molecule has 0 aromatic carbocycles. The minimum atomic E-state index is -0.773. The highest BCUT2D eigenvalue weighted by Gasteiger charge is 2.48. The molecule has 0 saturated carbocycles. The van der Waals surface area contributed by atoms with Crippen molar-refractivity contribution in [1.82, 2.24) is 4.98 Å². The van der Waals surface area contributed by atoms with Crippen molar-refractivity contribution in [2.45, 2.75) is 33.3 Å².